The third kappa shape index (κ3) is 5.56. The number of pyridine rings is 1. The molecule has 1 atom stereocenters. The second kappa shape index (κ2) is 10.9. The number of ether oxygens (including phenoxy) is 1. The highest BCUT2D eigenvalue weighted by atomic mass is 35.5. The second-order valence-electron chi connectivity index (χ2n) is 8.03. The Morgan fingerprint density at radius 2 is 2.10 bits per heavy atom. The number of carbonyl (C=O) groups is 1. The van der Waals surface area contributed by atoms with Crippen LogP contribution in [-0.4, -0.2) is 48.2 Å². The van der Waals surface area contributed by atoms with Crippen LogP contribution in [0.3, 0.4) is 0 Å². The number of carbonyl (C=O) groups excluding carboxylic acids is 1. The van der Waals surface area contributed by atoms with Gasteiger partial charge in [0.25, 0.3) is 5.91 Å². The van der Waals surface area contributed by atoms with E-state index in [0.717, 1.165) is 37.2 Å². The Balaban J connectivity index is 1.85. The number of amides is 1. The summed E-state index contributed by atoms with van der Waals surface area (Å²) in [4.78, 5) is 28.3. The summed E-state index contributed by atoms with van der Waals surface area (Å²) in [5, 5.41) is 3.72. The lowest BCUT2D eigenvalue weighted by molar-refractivity contribution is 0.0932. The standard InChI is InChI=1S/C24H32ClN3O3/c1-4-27-12-7-9-19(27)15-26-24(30)23-21(16-31-3)28(17(2)14-22(23)29)13-11-18-8-5-6-10-20(18)25/h5-6,8,10,14,19H,4,7,9,11-13,15-16H2,1-3H3,(H,26,30)/t19-/m0/s1. The van der Waals surface area contributed by atoms with Crippen LogP contribution in [0, 0.1) is 6.92 Å². The molecular formula is C24H32ClN3O3. The van der Waals surface area contributed by atoms with E-state index in [1.165, 1.54) is 6.07 Å². The van der Waals surface area contributed by atoms with Crippen molar-refractivity contribution in [2.24, 2.45) is 0 Å². The molecule has 1 aromatic heterocycles. The molecule has 7 heteroatoms. The van der Waals surface area contributed by atoms with Crippen molar-refractivity contribution >= 4 is 17.5 Å². The van der Waals surface area contributed by atoms with Gasteiger partial charge in [-0.15, -0.1) is 0 Å². The zero-order valence-electron chi connectivity index (χ0n) is 18.6. The molecule has 0 aliphatic carbocycles. The van der Waals surface area contributed by atoms with E-state index in [0.29, 0.717) is 36.3 Å². The van der Waals surface area contributed by atoms with E-state index >= 15 is 0 Å². The largest absolute Gasteiger partial charge is 0.378 e. The van der Waals surface area contributed by atoms with E-state index in [9.17, 15) is 9.59 Å². The molecule has 0 radical (unpaired) electrons. The molecule has 1 N–H and O–H groups in total. The molecule has 1 saturated heterocycles. The van der Waals surface area contributed by atoms with Gasteiger partial charge in [0.1, 0.15) is 5.56 Å². The van der Waals surface area contributed by atoms with E-state index < -0.39 is 0 Å². The van der Waals surface area contributed by atoms with Gasteiger partial charge in [0.2, 0.25) is 0 Å². The van der Waals surface area contributed by atoms with Crippen molar-refractivity contribution in [3.63, 3.8) is 0 Å². The number of aryl methyl sites for hydroxylation is 2. The molecule has 0 spiro atoms. The van der Waals surface area contributed by atoms with Crippen molar-refractivity contribution in [3.05, 3.63) is 68.1 Å². The van der Waals surface area contributed by atoms with Crippen LogP contribution in [0.1, 0.15) is 47.1 Å². The summed E-state index contributed by atoms with van der Waals surface area (Å²) in [6, 6.07) is 9.58. The number of likely N-dealkylation sites (N-methyl/N-ethyl adjacent to an activating group) is 1. The van der Waals surface area contributed by atoms with Crippen molar-refractivity contribution in [2.45, 2.75) is 52.3 Å². The molecular weight excluding hydrogens is 414 g/mol. The maximum Gasteiger partial charge on any atom is 0.257 e. The minimum absolute atomic E-state index is 0.174. The van der Waals surface area contributed by atoms with Crippen LogP contribution in [-0.2, 0) is 24.3 Å². The number of hydrogen-bond acceptors (Lipinski definition) is 4. The number of aromatic nitrogens is 1. The number of benzene rings is 1. The first-order chi connectivity index (χ1) is 15.0. The Labute approximate surface area is 189 Å². The molecule has 1 aliphatic heterocycles. The summed E-state index contributed by atoms with van der Waals surface area (Å²) in [5.74, 6) is -0.327. The Hall–Kier alpha value is -2.15. The summed E-state index contributed by atoms with van der Waals surface area (Å²) in [6.07, 6.45) is 2.90. The van der Waals surface area contributed by atoms with Crippen LogP contribution >= 0.6 is 11.6 Å². The fourth-order valence-electron chi connectivity index (χ4n) is 4.45. The maximum absolute atomic E-state index is 13.1. The van der Waals surface area contributed by atoms with Gasteiger partial charge in [-0.2, -0.15) is 0 Å². The van der Waals surface area contributed by atoms with E-state index in [1.54, 1.807) is 7.11 Å². The Kier molecular flexibility index (Phi) is 8.29. The highest BCUT2D eigenvalue weighted by Gasteiger charge is 2.25. The molecule has 2 aromatic rings. The molecule has 1 amide bonds. The average Bonchev–Trinajstić information content (AvgIpc) is 3.20. The zero-order chi connectivity index (χ0) is 22.4. The van der Waals surface area contributed by atoms with Gasteiger partial charge in [0.15, 0.2) is 5.43 Å². The van der Waals surface area contributed by atoms with Gasteiger partial charge in [-0.05, 0) is 50.9 Å². The SMILES string of the molecule is CCN1CCC[C@H]1CNC(=O)c1c(COC)n(CCc2ccccc2Cl)c(C)cc1=O. The Morgan fingerprint density at radius 3 is 2.81 bits per heavy atom. The summed E-state index contributed by atoms with van der Waals surface area (Å²) in [6.45, 7) is 7.38. The summed E-state index contributed by atoms with van der Waals surface area (Å²) in [7, 11) is 1.57. The number of likely N-dealkylation sites (tertiary alicyclic amines) is 1. The lowest BCUT2D eigenvalue weighted by Gasteiger charge is -2.24. The smallest absolute Gasteiger partial charge is 0.257 e. The summed E-state index contributed by atoms with van der Waals surface area (Å²) < 4.78 is 7.38. The third-order valence-electron chi connectivity index (χ3n) is 6.10. The first kappa shape index (κ1) is 23.5. The van der Waals surface area contributed by atoms with Crippen molar-refractivity contribution in [1.29, 1.82) is 0 Å². The van der Waals surface area contributed by atoms with Gasteiger partial charge in [0, 0.05) is 43.0 Å². The summed E-state index contributed by atoms with van der Waals surface area (Å²) >= 11 is 6.31. The van der Waals surface area contributed by atoms with Gasteiger partial charge in [-0.25, -0.2) is 0 Å². The molecule has 2 heterocycles. The van der Waals surface area contributed by atoms with E-state index in [1.807, 2.05) is 35.8 Å². The highest BCUT2D eigenvalue weighted by Crippen LogP contribution is 2.19. The van der Waals surface area contributed by atoms with E-state index in [2.05, 4.69) is 17.1 Å². The van der Waals surface area contributed by atoms with Gasteiger partial charge in [-0.3, -0.25) is 14.5 Å². The molecule has 1 aromatic carbocycles. The Bertz CT molecular complexity index is 973. The van der Waals surface area contributed by atoms with Gasteiger partial charge < -0.3 is 14.6 Å². The van der Waals surface area contributed by atoms with Crippen molar-refractivity contribution in [2.75, 3.05) is 26.7 Å². The highest BCUT2D eigenvalue weighted by molar-refractivity contribution is 6.31. The topological polar surface area (TPSA) is 63.6 Å². The van der Waals surface area contributed by atoms with Crippen LogP contribution in [0.5, 0.6) is 0 Å². The quantitative estimate of drug-likeness (QED) is 0.642. The number of nitrogens with zero attached hydrogens (tertiary/aromatic N) is 2. The van der Waals surface area contributed by atoms with Gasteiger partial charge in [0.05, 0.1) is 12.3 Å². The molecule has 1 aliphatic rings. The van der Waals surface area contributed by atoms with E-state index in [-0.39, 0.29) is 23.5 Å². The lowest BCUT2D eigenvalue weighted by Crippen LogP contribution is -2.42. The predicted molar refractivity (Wildman–Crippen MR) is 124 cm³/mol. The van der Waals surface area contributed by atoms with Gasteiger partial charge >= 0.3 is 0 Å². The van der Waals surface area contributed by atoms with Crippen LogP contribution < -0.4 is 10.7 Å². The minimum atomic E-state index is -0.327. The Morgan fingerprint density at radius 1 is 1.32 bits per heavy atom. The molecule has 0 saturated carbocycles. The van der Waals surface area contributed by atoms with E-state index in [4.69, 9.17) is 16.3 Å². The van der Waals surface area contributed by atoms with Crippen LogP contribution in [0.15, 0.2) is 35.1 Å². The normalized spacial score (nSPS) is 16.6. The summed E-state index contributed by atoms with van der Waals surface area (Å²) in [5.41, 5.74) is 2.34. The minimum Gasteiger partial charge on any atom is -0.378 e. The second-order valence-corrected chi connectivity index (χ2v) is 8.44. The fraction of sp³-hybridized carbons (Fsp3) is 0.500. The molecule has 6 nitrogen and oxygen atoms in total. The third-order valence-corrected chi connectivity index (χ3v) is 6.47. The van der Waals surface area contributed by atoms with Crippen LogP contribution in [0.25, 0.3) is 0 Å². The zero-order valence-corrected chi connectivity index (χ0v) is 19.4. The van der Waals surface area contributed by atoms with Gasteiger partial charge in [-0.1, -0.05) is 36.7 Å². The number of rotatable bonds is 9. The van der Waals surface area contributed by atoms with Crippen LogP contribution in [0.4, 0.5) is 0 Å². The first-order valence-corrected chi connectivity index (χ1v) is 11.3. The van der Waals surface area contributed by atoms with Crippen molar-refractivity contribution in [1.82, 2.24) is 14.8 Å². The predicted octanol–water partition coefficient (Wildman–Crippen LogP) is 3.41. The molecule has 31 heavy (non-hydrogen) atoms. The number of halogens is 1. The maximum atomic E-state index is 13.1. The number of nitrogens with one attached hydrogen (secondary N) is 1. The molecule has 0 unspecified atom stereocenters. The van der Waals surface area contributed by atoms with Crippen molar-refractivity contribution in [3.8, 4) is 0 Å². The molecule has 168 valence electrons. The molecule has 1 fully saturated rings. The molecule has 0 bridgehead atoms. The monoisotopic (exact) mass is 445 g/mol. The van der Waals surface area contributed by atoms with Crippen molar-refractivity contribution < 1.29 is 9.53 Å². The fourth-order valence-corrected chi connectivity index (χ4v) is 4.68. The molecule has 3 rings (SSSR count). The first-order valence-electron chi connectivity index (χ1n) is 10.9. The number of hydrogen-bond donors (Lipinski definition) is 1. The number of methoxy groups -OCH3 is 1. The lowest BCUT2D eigenvalue weighted by atomic mass is 10.1. The van der Waals surface area contributed by atoms with Crippen LogP contribution in [0.2, 0.25) is 5.02 Å². The average molecular weight is 446 g/mol.